The molecule has 1 unspecified atom stereocenters. The van der Waals surface area contributed by atoms with Crippen molar-refractivity contribution in [3.8, 4) is 5.75 Å². The first-order valence-corrected chi connectivity index (χ1v) is 11.2. The summed E-state index contributed by atoms with van der Waals surface area (Å²) in [6.45, 7) is 3.37. The lowest BCUT2D eigenvalue weighted by atomic mass is 10.0. The minimum Gasteiger partial charge on any atom is -0.490 e. The fourth-order valence-electron chi connectivity index (χ4n) is 3.65. The smallest absolute Gasteiger partial charge is 0.254 e. The van der Waals surface area contributed by atoms with E-state index in [0.29, 0.717) is 33.9 Å². The van der Waals surface area contributed by atoms with Gasteiger partial charge in [-0.3, -0.25) is 9.69 Å². The van der Waals surface area contributed by atoms with E-state index in [9.17, 15) is 9.90 Å². The Balaban J connectivity index is 1.38. The van der Waals surface area contributed by atoms with Crippen molar-refractivity contribution in [3.05, 3.63) is 63.6 Å². The second-order valence-electron chi connectivity index (χ2n) is 7.75. The standard InChI is InChI=1S/C23H29Cl2N3O3/c1-26-23(30)19-4-2-3-5-22(19)31-15-18(29)13-27-17-8-10-28(11-9-17)14-16-6-7-20(24)21(25)12-16/h2-7,12,17-18,27,29H,8-11,13-15H2,1H3,(H,26,30). The predicted molar refractivity (Wildman–Crippen MR) is 124 cm³/mol. The summed E-state index contributed by atoms with van der Waals surface area (Å²) in [4.78, 5) is 14.3. The van der Waals surface area contributed by atoms with E-state index in [1.807, 2.05) is 18.2 Å². The van der Waals surface area contributed by atoms with Gasteiger partial charge in [0.1, 0.15) is 18.5 Å². The fraction of sp³-hybridized carbons (Fsp3) is 0.435. The molecule has 2 aromatic rings. The molecule has 1 fully saturated rings. The van der Waals surface area contributed by atoms with Crippen LogP contribution in [0.2, 0.25) is 10.0 Å². The number of hydrogen-bond acceptors (Lipinski definition) is 5. The van der Waals surface area contributed by atoms with Crippen molar-refractivity contribution in [1.82, 2.24) is 15.5 Å². The number of halogens is 2. The lowest BCUT2D eigenvalue weighted by molar-refractivity contribution is 0.0913. The lowest BCUT2D eigenvalue weighted by Gasteiger charge is -2.33. The highest BCUT2D eigenvalue weighted by Crippen LogP contribution is 2.24. The maximum Gasteiger partial charge on any atom is 0.254 e. The Labute approximate surface area is 193 Å². The molecule has 1 aliphatic heterocycles. The maximum absolute atomic E-state index is 11.9. The van der Waals surface area contributed by atoms with Crippen LogP contribution in [0.25, 0.3) is 0 Å². The molecule has 3 rings (SSSR count). The second-order valence-corrected chi connectivity index (χ2v) is 8.56. The van der Waals surface area contributed by atoms with Gasteiger partial charge in [0, 0.05) is 26.2 Å². The molecule has 1 amide bonds. The first-order valence-electron chi connectivity index (χ1n) is 10.5. The number of nitrogens with one attached hydrogen (secondary N) is 2. The average molecular weight is 466 g/mol. The van der Waals surface area contributed by atoms with E-state index in [1.165, 1.54) is 0 Å². The zero-order valence-corrected chi connectivity index (χ0v) is 19.1. The van der Waals surface area contributed by atoms with Crippen molar-refractivity contribution < 1.29 is 14.6 Å². The zero-order valence-electron chi connectivity index (χ0n) is 17.6. The van der Waals surface area contributed by atoms with Gasteiger partial charge in [0.25, 0.3) is 5.91 Å². The van der Waals surface area contributed by atoms with Crippen LogP contribution in [-0.4, -0.2) is 61.3 Å². The molecule has 0 spiro atoms. The topological polar surface area (TPSA) is 73.8 Å². The van der Waals surface area contributed by atoms with Crippen molar-refractivity contribution >= 4 is 29.1 Å². The van der Waals surface area contributed by atoms with Crippen LogP contribution in [0, 0.1) is 0 Å². The quantitative estimate of drug-likeness (QED) is 0.529. The number of benzene rings is 2. The molecule has 0 bridgehead atoms. The number of hydrogen-bond donors (Lipinski definition) is 3. The van der Waals surface area contributed by atoms with E-state index in [2.05, 4.69) is 15.5 Å². The Morgan fingerprint density at radius 2 is 1.94 bits per heavy atom. The van der Waals surface area contributed by atoms with Gasteiger partial charge < -0.3 is 20.5 Å². The Kier molecular flexibility index (Phi) is 8.99. The Morgan fingerprint density at radius 3 is 2.65 bits per heavy atom. The van der Waals surface area contributed by atoms with Gasteiger partial charge >= 0.3 is 0 Å². The van der Waals surface area contributed by atoms with Gasteiger partial charge in [-0.15, -0.1) is 0 Å². The second kappa shape index (κ2) is 11.7. The molecule has 8 heteroatoms. The Bertz CT molecular complexity index is 873. The molecule has 0 aromatic heterocycles. The molecular formula is C23H29Cl2N3O3. The van der Waals surface area contributed by atoms with Gasteiger partial charge in [0.2, 0.25) is 0 Å². The number of para-hydroxylation sites is 1. The van der Waals surface area contributed by atoms with E-state index in [-0.39, 0.29) is 12.5 Å². The minimum atomic E-state index is -0.660. The number of aliphatic hydroxyl groups excluding tert-OH is 1. The molecule has 3 N–H and O–H groups in total. The van der Waals surface area contributed by atoms with E-state index in [4.69, 9.17) is 27.9 Å². The number of rotatable bonds is 9. The van der Waals surface area contributed by atoms with Crippen molar-refractivity contribution in [2.45, 2.75) is 31.5 Å². The minimum absolute atomic E-state index is 0.122. The van der Waals surface area contributed by atoms with Crippen LogP contribution >= 0.6 is 23.2 Å². The maximum atomic E-state index is 11.9. The van der Waals surface area contributed by atoms with E-state index in [1.54, 1.807) is 31.3 Å². The van der Waals surface area contributed by atoms with E-state index in [0.717, 1.165) is 38.0 Å². The molecule has 2 aromatic carbocycles. The number of carbonyl (C=O) groups is 1. The van der Waals surface area contributed by atoms with Gasteiger partial charge in [-0.1, -0.05) is 41.4 Å². The van der Waals surface area contributed by atoms with Gasteiger partial charge in [-0.25, -0.2) is 0 Å². The first kappa shape index (κ1) is 23.8. The van der Waals surface area contributed by atoms with Gasteiger partial charge in [0.05, 0.1) is 15.6 Å². The number of likely N-dealkylation sites (tertiary alicyclic amines) is 1. The molecule has 6 nitrogen and oxygen atoms in total. The molecule has 1 atom stereocenters. The fourth-order valence-corrected chi connectivity index (χ4v) is 3.97. The van der Waals surface area contributed by atoms with Gasteiger partial charge in [-0.05, 0) is 55.8 Å². The third kappa shape index (κ3) is 7.09. The summed E-state index contributed by atoms with van der Waals surface area (Å²) >= 11 is 12.1. The summed E-state index contributed by atoms with van der Waals surface area (Å²) in [5, 5.41) is 17.5. The summed E-state index contributed by atoms with van der Waals surface area (Å²) in [5.41, 5.74) is 1.62. The van der Waals surface area contributed by atoms with Crippen LogP contribution in [0.5, 0.6) is 5.75 Å². The summed E-state index contributed by atoms with van der Waals surface area (Å²) in [6, 6.07) is 13.1. The molecule has 168 valence electrons. The summed E-state index contributed by atoms with van der Waals surface area (Å²) in [6.07, 6.45) is 1.36. The van der Waals surface area contributed by atoms with Crippen molar-refractivity contribution in [1.29, 1.82) is 0 Å². The molecular weight excluding hydrogens is 437 g/mol. The van der Waals surface area contributed by atoms with Gasteiger partial charge in [0.15, 0.2) is 0 Å². The molecule has 1 heterocycles. The molecule has 1 aliphatic rings. The Hall–Kier alpha value is -1.83. The number of nitrogens with zero attached hydrogens (tertiary/aromatic N) is 1. The summed E-state index contributed by atoms with van der Waals surface area (Å²) in [7, 11) is 1.58. The van der Waals surface area contributed by atoms with Crippen LogP contribution < -0.4 is 15.4 Å². The number of carbonyl (C=O) groups excluding carboxylic acids is 1. The third-order valence-electron chi connectivity index (χ3n) is 5.41. The van der Waals surface area contributed by atoms with E-state index >= 15 is 0 Å². The number of piperidine rings is 1. The summed E-state index contributed by atoms with van der Waals surface area (Å²) < 4.78 is 5.68. The molecule has 31 heavy (non-hydrogen) atoms. The highest BCUT2D eigenvalue weighted by molar-refractivity contribution is 6.42. The SMILES string of the molecule is CNC(=O)c1ccccc1OCC(O)CNC1CCN(Cc2ccc(Cl)c(Cl)c2)CC1. The van der Waals surface area contributed by atoms with Crippen LogP contribution in [0.15, 0.2) is 42.5 Å². The van der Waals surface area contributed by atoms with E-state index < -0.39 is 6.10 Å². The van der Waals surface area contributed by atoms with Crippen molar-refractivity contribution in [2.24, 2.45) is 0 Å². The molecule has 0 saturated carbocycles. The first-order chi connectivity index (χ1) is 15.0. The molecule has 0 aliphatic carbocycles. The van der Waals surface area contributed by atoms with Gasteiger partial charge in [-0.2, -0.15) is 0 Å². The third-order valence-corrected chi connectivity index (χ3v) is 6.15. The average Bonchev–Trinajstić information content (AvgIpc) is 2.79. The van der Waals surface area contributed by atoms with Crippen LogP contribution in [0.1, 0.15) is 28.8 Å². The van der Waals surface area contributed by atoms with Crippen LogP contribution in [0.3, 0.4) is 0 Å². The lowest BCUT2D eigenvalue weighted by Crippen LogP contribution is -2.45. The van der Waals surface area contributed by atoms with Crippen LogP contribution in [0.4, 0.5) is 0 Å². The van der Waals surface area contributed by atoms with Crippen molar-refractivity contribution in [3.63, 3.8) is 0 Å². The molecule has 0 radical (unpaired) electrons. The Morgan fingerprint density at radius 1 is 1.19 bits per heavy atom. The number of ether oxygens (including phenoxy) is 1. The highest BCUT2D eigenvalue weighted by atomic mass is 35.5. The normalized spacial score (nSPS) is 16.1. The monoisotopic (exact) mass is 465 g/mol. The summed E-state index contributed by atoms with van der Waals surface area (Å²) in [5.74, 6) is 0.257. The van der Waals surface area contributed by atoms with Crippen molar-refractivity contribution in [2.75, 3.05) is 33.3 Å². The highest BCUT2D eigenvalue weighted by Gasteiger charge is 2.20. The molecule has 1 saturated heterocycles. The van der Waals surface area contributed by atoms with Crippen LogP contribution in [-0.2, 0) is 6.54 Å². The number of amides is 1. The predicted octanol–water partition coefficient (Wildman–Crippen LogP) is 3.35. The largest absolute Gasteiger partial charge is 0.490 e. The number of aliphatic hydroxyl groups is 1. The zero-order chi connectivity index (χ0) is 22.2.